The Morgan fingerprint density at radius 3 is 2.40 bits per heavy atom. The summed E-state index contributed by atoms with van der Waals surface area (Å²) in [5, 5.41) is 0.674. The van der Waals surface area contributed by atoms with Crippen molar-refractivity contribution < 1.29 is 14.3 Å². The van der Waals surface area contributed by atoms with Crippen LogP contribution in [0.5, 0.6) is 5.75 Å². The predicted molar refractivity (Wildman–Crippen MR) is 192 cm³/mol. The van der Waals surface area contributed by atoms with Gasteiger partial charge in [0, 0.05) is 10.6 Å². The van der Waals surface area contributed by atoms with Gasteiger partial charge in [0.05, 0.1) is 32.9 Å². The van der Waals surface area contributed by atoms with Crippen LogP contribution in [0.3, 0.4) is 0 Å². The Hall–Kier alpha value is -4.24. The molecule has 6 nitrogen and oxygen atoms in total. The third kappa shape index (κ3) is 7.05. The molecule has 238 valence electrons. The molecule has 1 aliphatic rings. The number of esters is 1. The van der Waals surface area contributed by atoms with Crippen LogP contribution in [0, 0.1) is 0 Å². The Bertz CT molecular complexity index is 2140. The van der Waals surface area contributed by atoms with Gasteiger partial charge in [0.15, 0.2) is 4.80 Å². The number of thiazole rings is 1. The highest BCUT2D eigenvalue weighted by Crippen LogP contribution is 2.36. The summed E-state index contributed by atoms with van der Waals surface area (Å²) >= 11 is 10.9. The van der Waals surface area contributed by atoms with Crippen molar-refractivity contribution in [3.05, 3.63) is 160 Å². The third-order valence-electron chi connectivity index (χ3n) is 7.85. The van der Waals surface area contributed by atoms with Crippen molar-refractivity contribution in [3.8, 4) is 5.75 Å². The van der Waals surface area contributed by atoms with Crippen LogP contribution < -0.4 is 19.6 Å². The number of halogens is 2. The maximum absolute atomic E-state index is 14.2. The van der Waals surface area contributed by atoms with Gasteiger partial charge in [-0.2, -0.15) is 0 Å². The van der Waals surface area contributed by atoms with Gasteiger partial charge in [-0.3, -0.25) is 9.36 Å². The van der Waals surface area contributed by atoms with E-state index in [0.717, 1.165) is 32.3 Å². The number of ether oxygens (including phenoxy) is 2. The summed E-state index contributed by atoms with van der Waals surface area (Å²) in [6.07, 6.45) is 1.84. The van der Waals surface area contributed by atoms with Crippen LogP contribution in [0.1, 0.15) is 60.5 Å². The van der Waals surface area contributed by atoms with E-state index < -0.39 is 12.0 Å². The quantitative estimate of drug-likeness (QED) is 0.144. The fraction of sp³-hybridized carbons (Fsp3) is 0.184. The van der Waals surface area contributed by atoms with Gasteiger partial charge in [-0.15, -0.1) is 0 Å². The second-order valence-electron chi connectivity index (χ2n) is 11.4. The average molecular weight is 728 g/mol. The molecular formula is C38H32BrClN2O4S. The van der Waals surface area contributed by atoms with E-state index in [-0.39, 0.29) is 12.2 Å². The minimum atomic E-state index is -0.723. The molecule has 0 bridgehead atoms. The van der Waals surface area contributed by atoms with Crippen LogP contribution in [-0.4, -0.2) is 17.1 Å². The Morgan fingerprint density at radius 2 is 1.74 bits per heavy atom. The maximum atomic E-state index is 14.2. The van der Waals surface area contributed by atoms with Crippen molar-refractivity contribution in [1.29, 1.82) is 0 Å². The van der Waals surface area contributed by atoms with Gasteiger partial charge in [0.25, 0.3) is 5.56 Å². The smallest absolute Gasteiger partial charge is 0.338 e. The lowest BCUT2D eigenvalue weighted by Gasteiger charge is -2.26. The summed E-state index contributed by atoms with van der Waals surface area (Å²) in [6, 6.07) is 30.1. The number of carbonyl (C=O) groups excluding carboxylic acids is 1. The first kappa shape index (κ1) is 32.7. The highest BCUT2D eigenvalue weighted by atomic mass is 79.9. The van der Waals surface area contributed by atoms with Crippen molar-refractivity contribution in [2.75, 3.05) is 6.61 Å². The molecule has 4 aromatic carbocycles. The van der Waals surface area contributed by atoms with Crippen molar-refractivity contribution in [3.63, 3.8) is 0 Å². The lowest BCUT2D eigenvalue weighted by Crippen LogP contribution is -2.40. The maximum Gasteiger partial charge on any atom is 0.338 e. The number of benzene rings is 4. The molecule has 47 heavy (non-hydrogen) atoms. The summed E-state index contributed by atoms with van der Waals surface area (Å²) in [6.45, 7) is 6.62. The monoisotopic (exact) mass is 726 g/mol. The first-order valence-corrected chi connectivity index (χ1v) is 17.3. The molecule has 0 amide bonds. The van der Waals surface area contributed by atoms with E-state index >= 15 is 0 Å². The Labute approximate surface area is 290 Å². The Morgan fingerprint density at radius 1 is 1.02 bits per heavy atom. The third-order valence-corrected chi connectivity index (χ3v) is 9.71. The van der Waals surface area contributed by atoms with E-state index in [2.05, 4.69) is 41.9 Å². The van der Waals surface area contributed by atoms with Crippen LogP contribution in [0.2, 0.25) is 5.02 Å². The highest BCUT2D eigenvalue weighted by Gasteiger charge is 2.35. The predicted octanol–water partition coefficient (Wildman–Crippen LogP) is 8.05. The molecule has 9 heteroatoms. The van der Waals surface area contributed by atoms with E-state index in [1.807, 2.05) is 91.0 Å². The zero-order valence-electron chi connectivity index (χ0n) is 26.1. The minimum Gasteiger partial charge on any atom is -0.488 e. The zero-order chi connectivity index (χ0) is 33.1. The molecule has 2 heterocycles. The zero-order valence-corrected chi connectivity index (χ0v) is 29.2. The van der Waals surface area contributed by atoms with Gasteiger partial charge in [0.1, 0.15) is 12.4 Å². The van der Waals surface area contributed by atoms with Crippen molar-refractivity contribution >= 4 is 56.6 Å². The number of hydrogen-bond acceptors (Lipinski definition) is 6. The second-order valence-corrected chi connectivity index (χ2v) is 13.7. The second kappa shape index (κ2) is 14.3. The van der Waals surface area contributed by atoms with E-state index in [1.165, 1.54) is 11.3 Å². The summed E-state index contributed by atoms with van der Waals surface area (Å²) < 4.78 is 14.5. The first-order valence-electron chi connectivity index (χ1n) is 15.3. The van der Waals surface area contributed by atoms with Crippen molar-refractivity contribution in [2.24, 2.45) is 4.99 Å². The molecule has 0 N–H and O–H groups in total. The molecular weight excluding hydrogens is 696 g/mol. The Kier molecular flexibility index (Phi) is 9.92. The fourth-order valence-corrected chi connectivity index (χ4v) is 7.07. The van der Waals surface area contributed by atoms with Gasteiger partial charge < -0.3 is 9.47 Å². The number of nitrogens with zero attached hydrogens (tertiary/aromatic N) is 2. The molecule has 0 spiro atoms. The number of aromatic nitrogens is 1. The standard InChI is InChI=1S/C38H32BrClN2O4S/c1-4-45-37(44)33-34(27-8-6-5-7-9-27)41-38-42(35(33)28-15-13-26(14-16-28)23(2)3)36(43)32(47-38)21-25-12-19-31(30(39)20-25)46-22-24-10-17-29(40)18-11-24/h5-21,23,35H,4,22H2,1-3H3/b32-21-/t35-/m0/s1. The summed E-state index contributed by atoms with van der Waals surface area (Å²) in [5.41, 5.74) is 5.15. The number of carbonyl (C=O) groups is 1. The van der Waals surface area contributed by atoms with Crippen molar-refractivity contribution in [2.45, 2.75) is 39.3 Å². The number of rotatable bonds is 9. The molecule has 1 aromatic heterocycles. The van der Waals surface area contributed by atoms with Gasteiger partial charge in [-0.1, -0.05) is 110 Å². The lowest BCUT2D eigenvalue weighted by molar-refractivity contribution is -0.138. The molecule has 6 rings (SSSR count). The highest BCUT2D eigenvalue weighted by molar-refractivity contribution is 9.10. The number of hydrogen-bond donors (Lipinski definition) is 0. The molecule has 0 radical (unpaired) electrons. The van der Waals surface area contributed by atoms with E-state index in [1.54, 1.807) is 11.5 Å². The van der Waals surface area contributed by atoms with E-state index in [4.69, 9.17) is 26.1 Å². The average Bonchev–Trinajstić information content (AvgIpc) is 3.38. The minimum absolute atomic E-state index is 0.197. The summed E-state index contributed by atoms with van der Waals surface area (Å²) in [4.78, 5) is 33.4. The molecule has 0 unspecified atom stereocenters. The molecule has 0 fully saturated rings. The van der Waals surface area contributed by atoms with Crippen molar-refractivity contribution in [1.82, 2.24) is 4.57 Å². The van der Waals surface area contributed by atoms with Gasteiger partial charge >= 0.3 is 5.97 Å². The SMILES string of the molecule is CCOC(=O)C1=C(c2ccccc2)N=c2s/c(=C\c3ccc(OCc4ccc(Cl)cc4)c(Br)c3)c(=O)n2[C@H]1c1ccc(C(C)C)cc1. The van der Waals surface area contributed by atoms with Gasteiger partial charge in [-0.25, -0.2) is 9.79 Å². The van der Waals surface area contributed by atoms with E-state index in [0.29, 0.717) is 43.9 Å². The molecule has 0 saturated carbocycles. The van der Waals surface area contributed by atoms with Crippen LogP contribution in [-0.2, 0) is 16.1 Å². The van der Waals surface area contributed by atoms with Gasteiger partial charge in [-0.05, 0) is 81.4 Å². The summed E-state index contributed by atoms with van der Waals surface area (Å²) in [5.74, 6) is 0.509. The molecule has 0 saturated heterocycles. The Balaban J connectivity index is 1.45. The summed E-state index contributed by atoms with van der Waals surface area (Å²) in [7, 11) is 0. The van der Waals surface area contributed by atoms with Crippen LogP contribution in [0.4, 0.5) is 0 Å². The first-order chi connectivity index (χ1) is 22.7. The molecule has 0 aliphatic carbocycles. The number of fused-ring (bicyclic) bond motifs is 1. The van der Waals surface area contributed by atoms with Crippen LogP contribution >= 0.6 is 38.9 Å². The fourth-order valence-electron chi connectivity index (χ4n) is 5.44. The van der Waals surface area contributed by atoms with Crippen LogP contribution in [0.25, 0.3) is 11.8 Å². The normalized spacial score (nSPS) is 14.6. The lowest BCUT2D eigenvalue weighted by atomic mass is 9.91. The topological polar surface area (TPSA) is 69.9 Å². The van der Waals surface area contributed by atoms with Gasteiger partial charge in [0.2, 0.25) is 0 Å². The molecule has 5 aromatic rings. The molecule has 1 aliphatic heterocycles. The largest absolute Gasteiger partial charge is 0.488 e. The van der Waals surface area contributed by atoms with E-state index in [9.17, 15) is 9.59 Å². The molecule has 1 atom stereocenters. The van der Waals surface area contributed by atoms with Crippen LogP contribution in [0.15, 0.2) is 117 Å².